The van der Waals surface area contributed by atoms with E-state index in [-0.39, 0.29) is 0 Å². The van der Waals surface area contributed by atoms with Gasteiger partial charge in [0, 0.05) is 0 Å². The van der Waals surface area contributed by atoms with Crippen LogP contribution in [0, 0.1) is 0 Å². The average Bonchev–Trinajstić information content (AvgIpc) is 2.72. The van der Waals surface area contributed by atoms with Crippen molar-refractivity contribution in [3.05, 3.63) is 122 Å². The van der Waals surface area contributed by atoms with Crippen LogP contribution < -0.4 is 15.5 Å². The predicted molar refractivity (Wildman–Crippen MR) is 100 cm³/mol. The first kappa shape index (κ1) is 16.0. The van der Waals surface area contributed by atoms with Crippen LogP contribution in [0.2, 0.25) is 0 Å². The number of hydrogen-bond acceptors (Lipinski definition) is 0. The van der Waals surface area contributed by atoms with Crippen LogP contribution in [-0.4, -0.2) is 0 Å². The van der Waals surface area contributed by atoms with Crippen molar-refractivity contribution in [2.45, 2.75) is 0 Å². The molecule has 0 unspecified atom stereocenters. The van der Waals surface area contributed by atoms with Gasteiger partial charge in [-0.3, -0.25) is 0 Å². The van der Waals surface area contributed by atoms with Gasteiger partial charge in [0.15, 0.2) is 0 Å². The summed E-state index contributed by atoms with van der Waals surface area (Å²) in [7, 11) is 0. The number of nitrogens with zero attached hydrogens (tertiary/aromatic N) is 1. The molecular formula is C23H20IrN+. The summed E-state index contributed by atoms with van der Waals surface area (Å²) in [5, 5.41) is 0. The van der Waals surface area contributed by atoms with Gasteiger partial charge in [-0.25, -0.2) is 0 Å². The minimum absolute atomic E-state index is 1.43. The Bertz CT molecular complexity index is 759. The summed E-state index contributed by atoms with van der Waals surface area (Å²) in [5.41, 5.74) is 0. The van der Waals surface area contributed by atoms with Gasteiger partial charge >= 0.3 is 153 Å². The first-order valence-corrected chi connectivity index (χ1v) is 12.9. The second-order valence-corrected chi connectivity index (χ2v) is 14.3. The molecule has 3 aromatic carbocycles. The van der Waals surface area contributed by atoms with Gasteiger partial charge in [0.25, 0.3) is 0 Å². The average molecular weight is 503 g/mol. The van der Waals surface area contributed by atoms with Crippen molar-refractivity contribution in [2.24, 2.45) is 0 Å². The van der Waals surface area contributed by atoms with Crippen LogP contribution in [-0.2, 0) is 15.5 Å². The zero-order valence-electron chi connectivity index (χ0n) is 13.8. The number of rotatable bonds is 4. The van der Waals surface area contributed by atoms with Crippen LogP contribution in [0.3, 0.4) is 0 Å². The number of aromatic nitrogens is 1. The molecule has 4 aromatic rings. The van der Waals surface area contributed by atoms with E-state index in [9.17, 15) is 0 Å². The monoisotopic (exact) mass is 503 g/mol. The van der Waals surface area contributed by atoms with E-state index in [1.807, 2.05) is 0 Å². The van der Waals surface area contributed by atoms with E-state index >= 15 is 0 Å². The quantitative estimate of drug-likeness (QED) is 0.404. The molecule has 125 valence electrons. The summed E-state index contributed by atoms with van der Waals surface area (Å²) in [6, 6.07) is 39.3. The summed E-state index contributed by atoms with van der Waals surface area (Å²) in [5.74, 6) is 0. The van der Waals surface area contributed by atoms with Crippen LogP contribution in [0.25, 0.3) is 0 Å². The maximum atomic E-state index is 2.49. The standard InChI is InChI=1S/3C6H5.C5H5N.Ir/c4*1-2-4-6-5-3-1;/h4*1-5H;/q;;;;+1. The summed E-state index contributed by atoms with van der Waals surface area (Å²) in [6.07, 6.45) is 4.46. The SMILES string of the molecule is c1cc[c]([Ir]([c]2ccccc2)([c]2ccccc2)[n+]2ccccc2)cc1. The van der Waals surface area contributed by atoms with Crippen LogP contribution >= 0.6 is 0 Å². The molecule has 0 atom stereocenters. The molecule has 4 rings (SSSR count). The molecule has 0 aliphatic heterocycles. The molecule has 1 aromatic heterocycles. The molecule has 0 saturated heterocycles. The van der Waals surface area contributed by atoms with Gasteiger partial charge in [-0.1, -0.05) is 0 Å². The Kier molecular flexibility index (Phi) is 4.56. The van der Waals surface area contributed by atoms with Crippen molar-refractivity contribution in [3.63, 3.8) is 0 Å². The van der Waals surface area contributed by atoms with Crippen LogP contribution in [0.4, 0.5) is 0 Å². The van der Waals surface area contributed by atoms with Crippen molar-refractivity contribution in [1.29, 1.82) is 0 Å². The van der Waals surface area contributed by atoms with Gasteiger partial charge in [0.1, 0.15) is 0 Å². The number of pyridine rings is 1. The Morgan fingerprint density at radius 2 is 0.720 bits per heavy atom. The minimum atomic E-state index is -3.07. The van der Waals surface area contributed by atoms with E-state index in [2.05, 4.69) is 125 Å². The van der Waals surface area contributed by atoms with Gasteiger partial charge in [-0.15, -0.1) is 0 Å². The molecule has 0 bridgehead atoms. The zero-order valence-corrected chi connectivity index (χ0v) is 16.2. The van der Waals surface area contributed by atoms with E-state index < -0.39 is 15.5 Å². The van der Waals surface area contributed by atoms with Gasteiger partial charge in [-0.2, -0.15) is 0 Å². The molecule has 0 fully saturated rings. The van der Waals surface area contributed by atoms with Gasteiger partial charge < -0.3 is 0 Å². The van der Waals surface area contributed by atoms with Crippen molar-refractivity contribution in [1.82, 2.24) is 0 Å². The number of hydrogen-bond donors (Lipinski definition) is 0. The molecule has 25 heavy (non-hydrogen) atoms. The summed E-state index contributed by atoms with van der Waals surface area (Å²) < 4.78 is 6.77. The molecule has 0 aliphatic rings. The second kappa shape index (κ2) is 7.14. The summed E-state index contributed by atoms with van der Waals surface area (Å²) in [6.45, 7) is 0. The third-order valence-corrected chi connectivity index (χ3v) is 14.9. The van der Waals surface area contributed by atoms with E-state index in [1.54, 1.807) is 0 Å². The Morgan fingerprint density at radius 3 is 1.08 bits per heavy atom. The van der Waals surface area contributed by atoms with Crippen molar-refractivity contribution in [2.75, 3.05) is 0 Å². The van der Waals surface area contributed by atoms with Crippen LogP contribution in [0.1, 0.15) is 0 Å². The van der Waals surface area contributed by atoms with Gasteiger partial charge in [-0.05, 0) is 0 Å². The van der Waals surface area contributed by atoms with Gasteiger partial charge in [0.05, 0.1) is 0 Å². The number of benzene rings is 3. The zero-order chi connectivity index (χ0) is 17.0. The van der Waals surface area contributed by atoms with Crippen molar-refractivity contribution in [3.8, 4) is 0 Å². The Balaban J connectivity index is 2.13. The molecule has 0 radical (unpaired) electrons. The molecule has 0 spiro atoms. The molecule has 0 aliphatic carbocycles. The first-order chi connectivity index (χ1) is 12.4. The molecule has 0 N–H and O–H groups in total. The second-order valence-electron chi connectivity index (χ2n) is 5.48. The van der Waals surface area contributed by atoms with E-state index in [1.165, 1.54) is 12.2 Å². The molecule has 2 heteroatoms. The molecular weight excluding hydrogens is 482 g/mol. The predicted octanol–water partition coefficient (Wildman–Crippen LogP) is 2.87. The molecule has 1 heterocycles. The fraction of sp³-hybridized carbons (Fsp3) is 0. The summed E-state index contributed by atoms with van der Waals surface area (Å²) >= 11 is -3.07. The normalized spacial score (nSPS) is 11.8. The van der Waals surface area contributed by atoms with E-state index in [4.69, 9.17) is 0 Å². The Labute approximate surface area is 152 Å². The summed E-state index contributed by atoms with van der Waals surface area (Å²) in [4.78, 5) is 0. The van der Waals surface area contributed by atoms with Crippen LogP contribution in [0.5, 0.6) is 0 Å². The van der Waals surface area contributed by atoms with E-state index in [0.29, 0.717) is 0 Å². The third kappa shape index (κ3) is 2.84. The fourth-order valence-corrected chi connectivity index (χ4v) is 13.7. The Hall–Kier alpha value is -2.54. The molecule has 0 saturated carbocycles. The van der Waals surface area contributed by atoms with Crippen molar-refractivity contribution < 1.29 is 18.8 Å². The third-order valence-electron chi connectivity index (χ3n) is 3.91. The Morgan fingerprint density at radius 1 is 0.400 bits per heavy atom. The van der Waals surface area contributed by atoms with Crippen LogP contribution in [0.15, 0.2) is 122 Å². The molecule has 0 amide bonds. The molecule has 1 nitrogen and oxygen atoms in total. The van der Waals surface area contributed by atoms with E-state index in [0.717, 1.165) is 0 Å². The first-order valence-electron chi connectivity index (χ1n) is 8.23. The van der Waals surface area contributed by atoms with Gasteiger partial charge in [0.2, 0.25) is 0 Å². The fourth-order valence-electron chi connectivity index (χ4n) is 2.85. The topological polar surface area (TPSA) is 3.88 Å². The maximum absolute atomic E-state index is 3.07. The van der Waals surface area contributed by atoms with Crippen molar-refractivity contribution >= 4 is 12.2 Å².